The van der Waals surface area contributed by atoms with Gasteiger partial charge in [0.25, 0.3) is 5.91 Å². The summed E-state index contributed by atoms with van der Waals surface area (Å²) in [6.07, 6.45) is 3.65. The molecule has 3 heterocycles. The van der Waals surface area contributed by atoms with E-state index in [1.54, 1.807) is 6.20 Å². The third-order valence-electron chi connectivity index (χ3n) is 5.21. The molecule has 1 aliphatic heterocycles. The first-order valence-corrected chi connectivity index (χ1v) is 9.38. The van der Waals surface area contributed by atoms with Crippen LogP contribution in [0.25, 0.3) is 5.65 Å². The molecule has 1 N–H and O–H groups in total. The average Bonchev–Trinajstić information content (AvgIpc) is 3.13. The van der Waals surface area contributed by atoms with Crippen LogP contribution in [-0.2, 0) is 0 Å². The van der Waals surface area contributed by atoms with Crippen molar-refractivity contribution in [2.45, 2.75) is 13.0 Å². The van der Waals surface area contributed by atoms with Gasteiger partial charge in [-0.2, -0.15) is 0 Å². The van der Waals surface area contributed by atoms with Crippen LogP contribution in [0.4, 0.5) is 5.69 Å². The number of pyridine rings is 1. The van der Waals surface area contributed by atoms with Crippen LogP contribution >= 0.6 is 0 Å². The van der Waals surface area contributed by atoms with Gasteiger partial charge in [0.15, 0.2) is 0 Å². The number of imidazole rings is 1. The lowest BCUT2D eigenvalue weighted by Gasteiger charge is -2.34. The van der Waals surface area contributed by atoms with Gasteiger partial charge in [0.1, 0.15) is 11.3 Å². The summed E-state index contributed by atoms with van der Waals surface area (Å²) in [7, 11) is 2.16. The van der Waals surface area contributed by atoms with E-state index in [4.69, 9.17) is 0 Å². The molecule has 1 atom stereocenters. The van der Waals surface area contributed by atoms with E-state index in [0.717, 1.165) is 37.4 Å². The third-order valence-corrected chi connectivity index (χ3v) is 5.21. The van der Waals surface area contributed by atoms with Gasteiger partial charge in [0.2, 0.25) is 0 Å². The minimum absolute atomic E-state index is 0.0798. The van der Waals surface area contributed by atoms with Crippen LogP contribution in [0.1, 0.15) is 29.0 Å². The minimum Gasteiger partial charge on any atom is -0.369 e. The highest BCUT2D eigenvalue weighted by atomic mass is 16.2. The fraction of sp³-hybridized carbons (Fsp3) is 0.333. The Labute approximate surface area is 159 Å². The van der Waals surface area contributed by atoms with Gasteiger partial charge in [-0.25, -0.2) is 4.98 Å². The number of hydrogen-bond donors (Lipinski definition) is 1. The zero-order chi connectivity index (χ0) is 18.8. The quantitative estimate of drug-likeness (QED) is 0.774. The summed E-state index contributed by atoms with van der Waals surface area (Å²) >= 11 is 0. The molecule has 1 aromatic carbocycles. The molecule has 0 radical (unpaired) electrons. The lowest BCUT2D eigenvalue weighted by molar-refractivity contribution is 0.0935. The number of nitrogens with one attached hydrogen (secondary N) is 1. The van der Waals surface area contributed by atoms with E-state index in [-0.39, 0.29) is 11.9 Å². The predicted octanol–water partition coefficient (Wildman–Crippen LogP) is 2.58. The molecular formula is C21H25N5O. The predicted molar refractivity (Wildman–Crippen MR) is 107 cm³/mol. The number of carbonyl (C=O) groups excluding carboxylic acids is 1. The number of anilines is 1. The summed E-state index contributed by atoms with van der Waals surface area (Å²) in [6, 6.07) is 14.1. The van der Waals surface area contributed by atoms with Crippen molar-refractivity contribution < 1.29 is 4.79 Å². The molecule has 1 aliphatic rings. The molecule has 1 amide bonds. The fourth-order valence-corrected chi connectivity index (χ4v) is 3.44. The maximum absolute atomic E-state index is 12.5. The normalized spacial score (nSPS) is 16.4. The summed E-state index contributed by atoms with van der Waals surface area (Å²) in [5.74, 6) is -0.158. The molecule has 0 spiro atoms. The van der Waals surface area contributed by atoms with Crippen molar-refractivity contribution in [1.29, 1.82) is 0 Å². The molecule has 2 aromatic heterocycles. The number of hydrogen-bond acceptors (Lipinski definition) is 4. The van der Waals surface area contributed by atoms with E-state index in [9.17, 15) is 4.79 Å². The molecule has 0 aliphatic carbocycles. The van der Waals surface area contributed by atoms with Gasteiger partial charge in [-0.1, -0.05) is 18.2 Å². The summed E-state index contributed by atoms with van der Waals surface area (Å²) < 4.78 is 1.85. The average molecular weight is 363 g/mol. The van der Waals surface area contributed by atoms with Gasteiger partial charge in [-0.15, -0.1) is 0 Å². The Kier molecular flexibility index (Phi) is 4.81. The Hall–Kier alpha value is -2.86. The molecule has 0 unspecified atom stereocenters. The Balaban J connectivity index is 1.41. The van der Waals surface area contributed by atoms with E-state index in [1.165, 1.54) is 5.69 Å². The van der Waals surface area contributed by atoms with Crippen molar-refractivity contribution in [2.24, 2.45) is 0 Å². The van der Waals surface area contributed by atoms with Crippen LogP contribution in [0.5, 0.6) is 0 Å². The van der Waals surface area contributed by atoms with Crippen molar-refractivity contribution >= 4 is 17.2 Å². The van der Waals surface area contributed by atoms with Crippen molar-refractivity contribution in [3.63, 3.8) is 0 Å². The molecule has 6 nitrogen and oxygen atoms in total. The third kappa shape index (κ3) is 3.80. The highest BCUT2D eigenvalue weighted by Crippen LogP contribution is 2.20. The van der Waals surface area contributed by atoms with Crippen LogP contribution in [-0.4, -0.2) is 53.4 Å². The molecule has 27 heavy (non-hydrogen) atoms. The number of piperazine rings is 1. The smallest absolute Gasteiger partial charge is 0.271 e. The molecule has 0 bridgehead atoms. The lowest BCUT2D eigenvalue weighted by atomic mass is 10.1. The Morgan fingerprint density at radius 3 is 2.52 bits per heavy atom. The SMILES string of the molecule is C[C@@H](NC(=O)c1cn2ccccc2n1)c1ccc(N2CCN(C)CC2)cc1. The number of amides is 1. The molecule has 0 saturated carbocycles. The summed E-state index contributed by atoms with van der Waals surface area (Å²) in [5.41, 5.74) is 3.53. The topological polar surface area (TPSA) is 52.9 Å². The molecule has 1 fully saturated rings. The van der Waals surface area contributed by atoms with Crippen LogP contribution in [0.2, 0.25) is 0 Å². The van der Waals surface area contributed by atoms with Crippen LogP contribution < -0.4 is 10.2 Å². The van der Waals surface area contributed by atoms with Gasteiger partial charge >= 0.3 is 0 Å². The van der Waals surface area contributed by atoms with E-state index in [1.807, 2.05) is 35.7 Å². The number of rotatable bonds is 4. The summed E-state index contributed by atoms with van der Waals surface area (Å²) in [6.45, 7) is 6.28. The first kappa shape index (κ1) is 17.5. The molecule has 1 saturated heterocycles. The fourth-order valence-electron chi connectivity index (χ4n) is 3.44. The lowest BCUT2D eigenvalue weighted by Crippen LogP contribution is -2.44. The second-order valence-electron chi connectivity index (χ2n) is 7.17. The zero-order valence-electron chi connectivity index (χ0n) is 15.8. The number of fused-ring (bicyclic) bond motifs is 1. The number of carbonyl (C=O) groups is 1. The van der Waals surface area contributed by atoms with Crippen LogP contribution in [0.3, 0.4) is 0 Å². The largest absolute Gasteiger partial charge is 0.369 e. The van der Waals surface area contributed by atoms with Crippen LogP contribution in [0.15, 0.2) is 54.9 Å². The van der Waals surface area contributed by atoms with Crippen molar-refractivity contribution in [2.75, 3.05) is 38.1 Å². The Morgan fingerprint density at radius 1 is 1.07 bits per heavy atom. The van der Waals surface area contributed by atoms with Crippen molar-refractivity contribution in [3.05, 3.63) is 66.1 Å². The van der Waals surface area contributed by atoms with E-state index < -0.39 is 0 Å². The second-order valence-corrected chi connectivity index (χ2v) is 7.17. The molecular weight excluding hydrogens is 338 g/mol. The maximum Gasteiger partial charge on any atom is 0.271 e. The monoisotopic (exact) mass is 363 g/mol. The van der Waals surface area contributed by atoms with E-state index >= 15 is 0 Å². The summed E-state index contributed by atoms with van der Waals surface area (Å²) in [4.78, 5) is 21.7. The van der Waals surface area contributed by atoms with Gasteiger partial charge < -0.3 is 19.5 Å². The first-order valence-electron chi connectivity index (χ1n) is 9.38. The van der Waals surface area contributed by atoms with E-state index in [0.29, 0.717) is 5.69 Å². The molecule has 3 aromatic rings. The number of benzene rings is 1. The second kappa shape index (κ2) is 7.40. The maximum atomic E-state index is 12.5. The highest BCUT2D eigenvalue weighted by molar-refractivity contribution is 5.93. The van der Waals surface area contributed by atoms with Gasteiger partial charge in [0.05, 0.1) is 6.04 Å². The molecule has 4 rings (SSSR count). The summed E-state index contributed by atoms with van der Waals surface area (Å²) in [5, 5.41) is 3.04. The van der Waals surface area contributed by atoms with E-state index in [2.05, 4.69) is 51.4 Å². The first-order chi connectivity index (χ1) is 13.1. The Morgan fingerprint density at radius 2 is 1.81 bits per heavy atom. The highest BCUT2D eigenvalue weighted by Gasteiger charge is 2.16. The number of nitrogens with zero attached hydrogens (tertiary/aromatic N) is 4. The Bertz CT molecular complexity index is 892. The molecule has 140 valence electrons. The zero-order valence-corrected chi connectivity index (χ0v) is 15.8. The number of aromatic nitrogens is 2. The van der Waals surface area contributed by atoms with Crippen LogP contribution in [0, 0.1) is 0 Å². The molecule has 6 heteroatoms. The van der Waals surface area contributed by atoms with Gasteiger partial charge in [-0.05, 0) is 43.8 Å². The standard InChI is InChI=1S/C21H25N5O/c1-16(22-21(27)19-15-26-10-4-3-5-20(26)23-19)17-6-8-18(9-7-17)25-13-11-24(2)12-14-25/h3-10,15-16H,11-14H2,1-2H3,(H,22,27)/t16-/m1/s1. The minimum atomic E-state index is -0.158. The van der Waals surface area contributed by atoms with Gasteiger partial charge in [0, 0.05) is 44.3 Å². The van der Waals surface area contributed by atoms with Crippen molar-refractivity contribution in [3.8, 4) is 0 Å². The van der Waals surface area contributed by atoms with Gasteiger partial charge in [-0.3, -0.25) is 4.79 Å². The van der Waals surface area contributed by atoms with Crippen molar-refractivity contribution in [1.82, 2.24) is 19.6 Å². The number of likely N-dealkylation sites (N-methyl/N-ethyl adjacent to an activating group) is 1.